The first-order valence-corrected chi connectivity index (χ1v) is 8.97. The molecule has 0 N–H and O–H groups in total. The van der Waals surface area contributed by atoms with Crippen LogP contribution in [0.15, 0.2) is 29.2 Å². The fraction of sp³-hybridized carbons (Fsp3) is 0.333. The lowest BCUT2D eigenvalue weighted by Crippen LogP contribution is -2.00. The molecule has 1 aromatic rings. The van der Waals surface area contributed by atoms with Gasteiger partial charge in [-0.1, -0.05) is 6.07 Å². The Kier molecular flexibility index (Phi) is 4.69. The lowest BCUT2D eigenvalue weighted by molar-refractivity contribution is 0.273. The van der Waals surface area contributed by atoms with Gasteiger partial charge in [0.15, 0.2) is 9.84 Å². The summed E-state index contributed by atoms with van der Waals surface area (Å²) in [7, 11) is -0.518. The fourth-order valence-corrected chi connectivity index (χ4v) is 2.62. The predicted molar refractivity (Wildman–Crippen MR) is 68.5 cm³/mol. The van der Waals surface area contributed by atoms with Gasteiger partial charge in [-0.2, -0.15) is 0 Å². The number of sulfone groups is 1. The smallest absolute Gasteiger partial charge is 0.380 e. The van der Waals surface area contributed by atoms with Crippen LogP contribution in [0, 0.1) is 0 Å². The monoisotopic (exact) mass is 296 g/mol. The standard InChI is InChI=1S/C9H13O5PS2/c1-12-15(16,13-2)14-8-5-4-6-9(7-8)17(3,10)11/h4-7H,1-3H3. The Labute approximate surface area is 106 Å². The lowest BCUT2D eigenvalue weighted by atomic mass is 10.3. The molecule has 8 heteroatoms. The molecule has 5 nitrogen and oxygen atoms in total. The van der Waals surface area contributed by atoms with Gasteiger partial charge in [0.1, 0.15) is 5.75 Å². The van der Waals surface area contributed by atoms with Gasteiger partial charge >= 0.3 is 6.72 Å². The van der Waals surface area contributed by atoms with Crippen molar-refractivity contribution in [2.45, 2.75) is 4.90 Å². The van der Waals surface area contributed by atoms with E-state index in [4.69, 9.17) is 25.4 Å². The van der Waals surface area contributed by atoms with Crippen molar-refractivity contribution in [1.29, 1.82) is 0 Å². The van der Waals surface area contributed by atoms with Crippen LogP contribution in [0.25, 0.3) is 0 Å². The predicted octanol–water partition coefficient (Wildman–Crippen LogP) is 1.99. The molecule has 0 fully saturated rings. The van der Waals surface area contributed by atoms with Gasteiger partial charge in [0, 0.05) is 32.3 Å². The zero-order chi connectivity index (χ0) is 13.1. The molecular weight excluding hydrogens is 283 g/mol. The molecule has 0 aromatic heterocycles. The summed E-state index contributed by atoms with van der Waals surface area (Å²) in [5.74, 6) is 0.306. The normalized spacial score (nSPS) is 12.4. The van der Waals surface area contributed by atoms with E-state index in [-0.39, 0.29) is 4.90 Å². The van der Waals surface area contributed by atoms with Crippen LogP contribution in [0.3, 0.4) is 0 Å². The van der Waals surface area contributed by atoms with Gasteiger partial charge < -0.3 is 13.6 Å². The molecule has 1 rings (SSSR count). The second-order valence-corrected chi connectivity index (χ2v) is 8.32. The number of hydrogen-bond donors (Lipinski definition) is 0. The molecule has 0 amide bonds. The highest BCUT2D eigenvalue weighted by Gasteiger charge is 2.19. The molecule has 1 aromatic carbocycles. The van der Waals surface area contributed by atoms with Crippen molar-refractivity contribution < 1.29 is 22.0 Å². The van der Waals surface area contributed by atoms with Gasteiger partial charge in [-0.15, -0.1) is 0 Å². The quantitative estimate of drug-likeness (QED) is 0.774. The second kappa shape index (κ2) is 5.46. The van der Waals surface area contributed by atoms with E-state index >= 15 is 0 Å². The molecule has 0 unspecified atom stereocenters. The second-order valence-electron chi connectivity index (χ2n) is 3.15. The Morgan fingerprint density at radius 1 is 1.24 bits per heavy atom. The van der Waals surface area contributed by atoms with Crippen LogP contribution in [0.2, 0.25) is 0 Å². The molecule has 0 aliphatic rings. The van der Waals surface area contributed by atoms with E-state index in [1.54, 1.807) is 12.1 Å². The number of rotatable bonds is 5. The Balaban J connectivity index is 3.06. The van der Waals surface area contributed by atoms with Crippen LogP contribution in [0.5, 0.6) is 5.75 Å². The third-order valence-electron chi connectivity index (χ3n) is 1.90. The maximum Gasteiger partial charge on any atom is 0.380 e. The van der Waals surface area contributed by atoms with Crippen molar-refractivity contribution in [2.24, 2.45) is 0 Å². The van der Waals surface area contributed by atoms with Crippen molar-refractivity contribution >= 4 is 28.4 Å². The highest BCUT2D eigenvalue weighted by Crippen LogP contribution is 2.48. The van der Waals surface area contributed by atoms with Crippen LogP contribution >= 0.6 is 6.72 Å². The molecule has 0 aliphatic carbocycles. The summed E-state index contributed by atoms with van der Waals surface area (Å²) in [5, 5.41) is 0. The minimum Gasteiger partial charge on any atom is -0.424 e. The van der Waals surface area contributed by atoms with Crippen LogP contribution < -0.4 is 4.52 Å². The van der Waals surface area contributed by atoms with E-state index in [0.717, 1.165) is 6.26 Å². The van der Waals surface area contributed by atoms with Crippen molar-refractivity contribution in [3.63, 3.8) is 0 Å². The summed E-state index contributed by atoms with van der Waals surface area (Å²) in [6, 6.07) is 6.02. The summed E-state index contributed by atoms with van der Waals surface area (Å²) in [6.07, 6.45) is 1.12. The number of benzene rings is 1. The van der Waals surface area contributed by atoms with Gasteiger partial charge in [-0.05, 0) is 18.2 Å². The molecule has 17 heavy (non-hydrogen) atoms. The average molecular weight is 296 g/mol. The summed E-state index contributed by atoms with van der Waals surface area (Å²) in [6.45, 7) is -2.84. The SMILES string of the molecule is COP(=S)(OC)Oc1cccc(S(C)(=O)=O)c1. The molecule has 0 spiro atoms. The zero-order valence-electron chi connectivity index (χ0n) is 9.61. The molecule has 0 saturated carbocycles. The Morgan fingerprint density at radius 3 is 2.29 bits per heavy atom. The van der Waals surface area contributed by atoms with Gasteiger partial charge in [-0.25, -0.2) is 8.42 Å². The highest BCUT2D eigenvalue weighted by atomic mass is 32.5. The molecule has 96 valence electrons. The minimum atomic E-state index is -3.28. The largest absolute Gasteiger partial charge is 0.424 e. The van der Waals surface area contributed by atoms with Gasteiger partial charge in [-0.3, -0.25) is 0 Å². The molecule has 0 saturated heterocycles. The van der Waals surface area contributed by atoms with E-state index in [1.165, 1.54) is 26.4 Å². The van der Waals surface area contributed by atoms with Crippen LogP contribution in [-0.4, -0.2) is 28.9 Å². The van der Waals surface area contributed by atoms with Crippen molar-refractivity contribution in [1.82, 2.24) is 0 Å². The average Bonchev–Trinajstić information content (AvgIpc) is 2.28. The first-order valence-electron chi connectivity index (χ1n) is 4.52. The van der Waals surface area contributed by atoms with E-state index < -0.39 is 16.6 Å². The Hall–Kier alpha value is -0.460. The third-order valence-corrected chi connectivity index (χ3v) is 5.46. The lowest BCUT2D eigenvalue weighted by Gasteiger charge is -2.18. The van der Waals surface area contributed by atoms with Gasteiger partial charge in [0.2, 0.25) is 0 Å². The van der Waals surface area contributed by atoms with E-state index in [0.29, 0.717) is 5.75 Å². The van der Waals surface area contributed by atoms with Gasteiger partial charge in [0.05, 0.1) is 4.90 Å². The summed E-state index contributed by atoms with van der Waals surface area (Å²) >= 11 is 5.02. The Bertz CT molecular complexity index is 532. The third kappa shape index (κ3) is 4.04. The molecule has 0 radical (unpaired) electrons. The topological polar surface area (TPSA) is 61.8 Å². The summed E-state index contributed by atoms with van der Waals surface area (Å²) in [4.78, 5) is 0.156. The summed E-state index contributed by atoms with van der Waals surface area (Å²) < 4.78 is 38.0. The van der Waals surface area contributed by atoms with E-state index in [1.807, 2.05) is 0 Å². The van der Waals surface area contributed by atoms with Crippen LogP contribution in [-0.2, 0) is 30.7 Å². The maximum atomic E-state index is 11.4. The Morgan fingerprint density at radius 2 is 1.82 bits per heavy atom. The van der Waals surface area contributed by atoms with Crippen LogP contribution in [0.4, 0.5) is 0 Å². The van der Waals surface area contributed by atoms with Crippen molar-refractivity contribution in [3.05, 3.63) is 24.3 Å². The molecule has 0 bridgehead atoms. The molecule has 0 aliphatic heterocycles. The van der Waals surface area contributed by atoms with Crippen molar-refractivity contribution in [2.75, 3.05) is 20.5 Å². The summed E-state index contributed by atoms with van der Waals surface area (Å²) in [5.41, 5.74) is 0. The zero-order valence-corrected chi connectivity index (χ0v) is 12.1. The van der Waals surface area contributed by atoms with E-state index in [2.05, 4.69) is 0 Å². The molecule has 0 heterocycles. The van der Waals surface area contributed by atoms with Crippen LogP contribution in [0.1, 0.15) is 0 Å². The molecule has 0 atom stereocenters. The number of hydrogen-bond acceptors (Lipinski definition) is 6. The first-order chi connectivity index (χ1) is 7.80. The van der Waals surface area contributed by atoms with E-state index in [9.17, 15) is 8.42 Å². The maximum absolute atomic E-state index is 11.4. The first kappa shape index (κ1) is 14.6. The highest BCUT2D eigenvalue weighted by molar-refractivity contribution is 8.07. The fourth-order valence-electron chi connectivity index (χ4n) is 1.04. The molecular formula is C9H13O5PS2. The van der Waals surface area contributed by atoms with Gasteiger partial charge in [0.25, 0.3) is 0 Å². The minimum absolute atomic E-state index is 0.156. The van der Waals surface area contributed by atoms with Crippen molar-refractivity contribution in [3.8, 4) is 5.75 Å².